The lowest BCUT2D eigenvalue weighted by molar-refractivity contribution is -0.384. The quantitative estimate of drug-likeness (QED) is 0.234. The molecule has 6 heteroatoms. The molecule has 3 aromatic carbocycles. The molecule has 0 saturated carbocycles. The van der Waals surface area contributed by atoms with E-state index < -0.39 is 7.12 Å². The van der Waals surface area contributed by atoms with Gasteiger partial charge in [-0.25, -0.2) is 0 Å². The Bertz CT molecular complexity index is 1120. The molecular formula is C26H26BNO4. The summed E-state index contributed by atoms with van der Waals surface area (Å²) >= 11 is 0. The van der Waals surface area contributed by atoms with Crippen LogP contribution in [-0.2, 0) is 9.31 Å². The Morgan fingerprint density at radius 1 is 0.812 bits per heavy atom. The molecule has 0 N–H and O–H groups in total. The van der Waals surface area contributed by atoms with Gasteiger partial charge in [0.2, 0.25) is 0 Å². The van der Waals surface area contributed by atoms with Crippen LogP contribution in [0.3, 0.4) is 0 Å². The first kappa shape index (κ1) is 22.0. The number of non-ortho nitro benzene ring substituents is 1. The molecule has 162 valence electrons. The second kappa shape index (κ2) is 8.38. The van der Waals surface area contributed by atoms with E-state index in [9.17, 15) is 10.1 Å². The molecule has 0 bridgehead atoms. The van der Waals surface area contributed by atoms with Crippen molar-refractivity contribution in [2.45, 2.75) is 38.9 Å². The molecule has 1 aliphatic rings. The number of nitro benzene ring substituents is 1. The van der Waals surface area contributed by atoms with Crippen LogP contribution in [0.5, 0.6) is 0 Å². The molecule has 1 fully saturated rings. The van der Waals surface area contributed by atoms with Crippen LogP contribution in [0.25, 0.3) is 11.6 Å². The Kier molecular flexibility index (Phi) is 5.76. The van der Waals surface area contributed by atoms with Gasteiger partial charge in [0.25, 0.3) is 5.69 Å². The minimum atomic E-state index is -0.409. The standard InChI is InChI=1S/C26H26BNO4/c1-25(2)26(3,4)32-27(31-25)22-14-12-21(13-15-22)24(20-8-6-5-7-9-20)18-19-10-16-23(17-11-19)28(29)30/h5-18H,1-4H3. The minimum absolute atomic E-state index is 0.0789. The number of hydrogen-bond acceptors (Lipinski definition) is 4. The van der Waals surface area contributed by atoms with Crippen molar-refractivity contribution in [3.63, 3.8) is 0 Å². The van der Waals surface area contributed by atoms with Gasteiger partial charge in [-0.1, -0.05) is 54.6 Å². The van der Waals surface area contributed by atoms with E-state index in [2.05, 4.69) is 24.3 Å². The fourth-order valence-electron chi connectivity index (χ4n) is 3.61. The van der Waals surface area contributed by atoms with Gasteiger partial charge in [0.1, 0.15) is 0 Å². The normalized spacial score (nSPS) is 17.4. The van der Waals surface area contributed by atoms with Crippen molar-refractivity contribution in [1.82, 2.24) is 0 Å². The van der Waals surface area contributed by atoms with Crippen molar-refractivity contribution in [3.05, 3.63) is 106 Å². The van der Waals surface area contributed by atoms with E-state index in [1.54, 1.807) is 12.1 Å². The van der Waals surface area contributed by atoms with Gasteiger partial charge >= 0.3 is 7.12 Å². The lowest BCUT2D eigenvalue weighted by atomic mass is 9.78. The number of nitro groups is 1. The third kappa shape index (κ3) is 4.38. The molecule has 0 unspecified atom stereocenters. The summed E-state index contributed by atoms with van der Waals surface area (Å²) in [6.45, 7) is 8.17. The van der Waals surface area contributed by atoms with Crippen LogP contribution in [0.2, 0.25) is 0 Å². The molecule has 0 spiro atoms. The van der Waals surface area contributed by atoms with Crippen molar-refractivity contribution in [2.75, 3.05) is 0 Å². The lowest BCUT2D eigenvalue weighted by Crippen LogP contribution is -2.41. The molecule has 3 aromatic rings. The zero-order chi connectivity index (χ0) is 22.9. The topological polar surface area (TPSA) is 61.6 Å². The summed E-state index contributed by atoms with van der Waals surface area (Å²) in [7, 11) is -0.409. The summed E-state index contributed by atoms with van der Waals surface area (Å²) in [5, 5.41) is 11.0. The number of hydrogen-bond donors (Lipinski definition) is 0. The maximum absolute atomic E-state index is 11.0. The summed E-state index contributed by atoms with van der Waals surface area (Å²) in [6, 6.07) is 24.8. The summed E-state index contributed by atoms with van der Waals surface area (Å²) in [5.74, 6) is 0. The molecule has 0 aliphatic carbocycles. The highest BCUT2D eigenvalue weighted by atomic mass is 16.7. The molecule has 1 aliphatic heterocycles. The van der Waals surface area contributed by atoms with E-state index >= 15 is 0 Å². The van der Waals surface area contributed by atoms with Gasteiger partial charge in [0, 0.05) is 12.1 Å². The molecule has 5 nitrogen and oxygen atoms in total. The largest absolute Gasteiger partial charge is 0.494 e. The van der Waals surface area contributed by atoms with E-state index in [1.165, 1.54) is 12.1 Å². The van der Waals surface area contributed by atoms with Crippen LogP contribution in [0.15, 0.2) is 78.9 Å². The second-order valence-electron chi connectivity index (χ2n) is 8.98. The first-order chi connectivity index (χ1) is 15.2. The van der Waals surface area contributed by atoms with E-state index in [0.717, 1.165) is 27.7 Å². The highest BCUT2D eigenvalue weighted by Crippen LogP contribution is 2.36. The third-order valence-corrected chi connectivity index (χ3v) is 6.25. The van der Waals surface area contributed by atoms with Gasteiger partial charge in [-0.3, -0.25) is 10.1 Å². The average molecular weight is 427 g/mol. The molecule has 0 aromatic heterocycles. The molecule has 32 heavy (non-hydrogen) atoms. The Labute approximate surface area is 189 Å². The zero-order valence-electron chi connectivity index (χ0n) is 18.7. The van der Waals surface area contributed by atoms with Crippen LogP contribution in [0, 0.1) is 10.1 Å². The second-order valence-corrected chi connectivity index (χ2v) is 8.98. The van der Waals surface area contributed by atoms with Crippen molar-refractivity contribution in [2.24, 2.45) is 0 Å². The molecular weight excluding hydrogens is 401 g/mol. The van der Waals surface area contributed by atoms with E-state index in [1.807, 2.05) is 64.1 Å². The highest BCUT2D eigenvalue weighted by Gasteiger charge is 2.51. The number of rotatable bonds is 5. The van der Waals surface area contributed by atoms with E-state index in [-0.39, 0.29) is 21.8 Å². The Morgan fingerprint density at radius 2 is 1.34 bits per heavy atom. The third-order valence-electron chi connectivity index (χ3n) is 6.25. The summed E-state index contributed by atoms with van der Waals surface area (Å²) in [4.78, 5) is 10.6. The predicted octanol–water partition coefficient (Wildman–Crippen LogP) is 5.48. The summed E-state index contributed by atoms with van der Waals surface area (Å²) in [6.07, 6.45) is 2.04. The molecule has 1 heterocycles. The fraction of sp³-hybridized carbons (Fsp3) is 0.231. The number of benzene rings is 3. The van der Waals surface area contributed by atoms with Crippen molar-refractivity contribution >= 4 is 29.9 Å². The van der Waals surface area contributed by atoms with E-state index in [4.69, 9.17) is 9.31 Å². The first-order valence-electron chi connectivity index (χ1n) is 10.6. The Hall–Kier alpha value is -3.22. The fourth-order valence-corrected chi connectivity index (χ4v) is 3.61. The van der Waals surface area contributed by atoms with Gasteiger partial charge in [-0.15, -0.1) is 0 Å². The maximum atomic E-state index is 11.0. The van der Waals surface area contributed by atoms with Crippen LogP contribution >= 0.6 is 0 Å². The minimum Gasteiger partial charge on any atom is -0.399 e. The van der Waals surface area contributed by atoms with Gasteiger partial charge in [-0.2, -0.15) is 0 Å². The van der Waals surface area contributed by atoms with Crippen LogP contribution in [0.1, 0.15) is 44.4 Å². The zero-order valence-corrected chi connectivity index (χ0v) is 18.7. The summed E-state index contributed by atoms with van der Waals surface area (Å²) < 4.78 is 12.3. The maximum Gasteiger partial charge on any atom is 0.494 e. The van der Waals surface area contributed by atoms with Gasteiger partial charge in [0.15, 0.2) is 0 Å². The average Bonchev–Trinajstić information content (AvgIpc) is 3.00. The van der Waals surface area contributed by atoms with Gasteiger partial charge in [-0.05, 0) is 73.6 Å². The van der Waals surface area contributed by atoms with E-state index in [0.29, 0.717) is 0 Å². The smallest absolute Gasteiger partial charge is 0.399 e. The highest BCUT2D eigenvalue weighted by molar-refractivity contribution is 6.62. The van der Waals surface area contributed by atoms with Crippen molar-refractivity contribution < 1.29 is 14.2 Å². The molecule has 0 atom stereocenters. The van der Waals surface area contributed by atoms with Gasteiger partial charge in [0.05, 0.1) is 16.1 Å². The first-order valence-corrected chi connectivity index (χ1v) is 10.6. The summed E-state index contributed by atoms with van der Waals surface area (Å²) in [5.41, 5.74) is 4.29. The van der Waals surface area contributed by atoms with Crippen LogP contribution in [-0.4, -0.2) is 23.2 Å². The predicted molar refractivity (Wildman–Crippen MR) is 129 cm³/mol. The monoisotopic (exact) mass is 427 g/mol. The Morgan fingerprint density at radius 3 is 1.88 bits per heavy atom. The van der Waals surface area contributed by atoms with Crippen LogP contribution in [0.4, 0.5) is 5.69 Å². The SMILES string of the molecule is CC1(C)OB(c2ccc(C(=Cc3ccc([N+](=O)[O-])cc3)c3ccccc3)cc2)OC1(C)C. The Balaban J connectivity index is 1.67. The number of nitrogens with zero attached hydrogens (tertiary/aromatic N) is 1. The molecule has 1 saturated heterocycles. The molecule has 0 radical (unpaired) electrons. The molecule has 4 rings (SSSR count). The van der Waals surface area contributed by atoms with Gasteiger partial charge < -0.3 is 9.31 Å². The van der Waals surface area contributed by atoms with Crippen molar-refractivity contribution in [3.8, 4) is 0 Å². The van der Waals surface area contributed by atoms with Crippen LogP contribution < -0.4 is 5.46 Å². The van der Waals surface area contributed by atoms with Crippen molar-refractivity contribution in [1.29, 1.82) is 0 Å². The lowest BCUT2D eigenvalue weighted by Gasteiger charge is -2.32. The molecule has 0 amide bonds.